The molecule has 0 saturated heterocycles. The average molecular weight is 244 g/mol. The number of fused-ring (bicyclic) bond motifs is 1. The number of para-hydroxylation sites is 1. The summed E-state index contributed by atoms with van der Waals surface area (Å²) in [6, 6.07) is 8.97. The molecule has 0 spiro atoms. The molecule has 1 aliphatic rings. The largest absolute Gasteiger partial charge is 0.307 e. The quantitative estimate of drug-likeness (QED) is 0.836. The van der Waals surface area contributed by atoms with E-state index >= 15 is 0 Å². The number of benzene rings is 1. The second-order valence-electron chi connectivity index (χ2n) is 4.44. The van der Waals surface area contributed by atoms with Crippen LogP contribution in [-0.4, -0.2) is 11.0 Å². The first-order valence-electron chi connectivity index (χ1n) is 6.14. The smallest absolute Gasteiger partial charge is 0.108 e. The number of nitrogens with one attached hydrogen (secondary N) is 1. The van der Waals surface area contributed by atoms with Gasteiger partial charge in [-0.2, -0.15) is 0 Å². The number of allylic oxidation sites excluding steroid dienone is 1. The van der Waals surface area contributed by atoms with Gasteiger partial charge in [0.2, 0.25) is 0 Å². The monoisotopic (exact) mass is 244 g/mol. The average Bonchev–Trinajstić information content (AvgIpc) is 2.80. The van der Waals surface area contributed by atoms with Gasteiger partial charge in [0.05, 0.1) is 10.2 Å². The standard InChI is InChI=1S/C14H16N2S/c1-2-6-11(7-3-1)15-10-14-16-12-8-4-5-9-13(12)17-14/h1-2,4-5,8-9,11,15H,3,6-7,10H2. The van der Waals surface area contributed by atoms with E-state index in [1.54, 1.807) is 11.3 Å². The van der Waals surface area contributed by atoms with Crippen molar-refractivity contribution < 1.29 is 0 Å². The molecule has 1 N–H and O–H groups in total. The summed E-state index contributed by atoms with van der Waals surface area (Å²) in [5.74, 6) is 0. The van der Waals surface area contributed by atoms with Crippen LogP contribution in [0.2, 0.25) is 0 Å². The molecule has 0 saturated carbocycles. The number of rotatable bonds is 3. The fraction of sp³-hybridized carbons (Fsp3) is 0.357. The van der Waals surface area contributed by atoms with E-state index in [0.717, 1.165) is 18.5 Å². The van der Waals surface area contributed by atoms with Gasteiger partial charge in [0.25, 0.3) is 0 Å². The second-order valence-corrected chi connectivity index (χ2v) is 5.55. The van der Waals surface area contributed by atoms with Crippen LogP contribution in [0.25, 0.3) is 10.2 Å². The van der Waals surface area contributed by atoms with Crippen molar-refractivity contribution in [3.63, 3.8) is 0 Å². The van der Waals surface area contributed by atoms with Gasteiger partial charge in [0.1, 0.15) is 5.01 Å². The molecule has 1 heterocycles. The third kappa shape index (κ3) is 2.56. The number of hydrogen-bond donors (Lipinski definition) is 1. The lowest BCUT2D eigenvalue weighted by Crippen LogP contribution is -2.29. The highest BCUT2D eigenvalue weighted by Gasteiger charge is 2.10. The van der Waals surface area contributed by atoms with E-state index in [0.29, 0.717) is 6.04 Å². The number of thiazole rings is 1. The van der Waals surface area contributed by atoms with Gasteiger partial charge in [-0.25, -0.2) is 4.98 Å². The van der Waals surface area contributed by atoms with Crippen molar-refractivity contribution in [3.8, 4) is 0 Å². The van der Waals surface area contributed by atoms with Crippen molar-refractivity contribution in [2.24, 2.45) is 0 Å². The minimum absolute atomic E-state index is 0.631. The highest BCUT2D eigenvalue weighted by Crippen LogP contribution is 2.21. The van der Waals surface area contributed by atoms with Crippen LogP contribution >= 0.6 is 11.3 Å². The molecule has 0 radical (unpaired) electrons. The zero-order valence-electron chi connectivity index (χ0n) is 9.73. The molecule has 88 valence electrons. The third-order valence-electron chi connectivity index (χ3n) is 3.15. The van der Waals surface area contributed by atoms with Gasteiger partial charge >= 0.3 is 0 Å². The van der Waals surface area contributed by atoms with Crippen LogP contribution in [0.15, 0.2) is 36.4 Å². The van der Waals surface area contributed by atoms with Gasteiger partial charge in [0, 0.05) is 12.6 Å². The van der Waals surface area contributed by atoms with E-state index in [-0.39, 0.29) is 0 Å². The summed E-state index contributed by atoms with van der Waals surface area (Å²) in [6.45, 7) is 0.901. The molecule has 3 rings (SSSR count). The van der Waals surface area contributed by atoms with E-state index in [1.807, 2.05) is 6.07 Å². The number of aromatic nitrogens is 1. The molecule has 0 amide bonds. The van der Waals surface area contributed by atoms with Crippen LogP contribution in [0.1, 0.15) is 24.3 Å². The summed E-state index contributed by atoms with van der Waals surface area (Å²) >= 11 is 1.79. The van der Waals surface area contributed by atoms with Crippen LogP contribution in [0, 0.1) is 0 Å². The highest BCUT2D eigenvalue weighted by atomic mass is 32.1. The number of nitrogens with zero attached hydrogens (tertiary/aromatic N) is 1. The summed E-state index contributed by atoms with van der Waals surface area (Å²) in [6.07, 6.45) is 8.17. The lowest BCUT2D eigenvalue weighted by atomic mass is 10.0. The van der Waals surface area contributed by atoms with Gasteiger partial charge in [-0.1, -0.05) is 24.3 Å². The maximum absolute atomic E-state index is 4.64. The maximum Gasteiger partial charge on any atom is 0.108 e. The van der Waals surface area contributed by atoms with E-state index in [9.17, 15) is 0 Å². The van der Waals surface area contributed by atoms with E-state index in [1.165, 1.54) is 22.5 Å². The molecule has 1 aromatic carbocycles. The van der Waals surface area contributed by atoms with Crippen LogP contribution in [0.3, 0.4) is 0 Å². The second kappa shape index (κ2) is 4.98. The van der Waals surface area contributed by atoms with Gasteiger partial charge in [0.15, 0.2) is 0 Å². The van der Waals surface area contributed by atoms with Crippen molar-refractivity contribution in [1.29, 1.82) is 0 Å². The summed E-state index contributed by atoms with van der Waals surface area (Å²) in [7, 11) is 0. The topological polar surface area (TPSA) is 24.9 Å². The van der Waals surface area contributed by atoms with Crippen molar-refractivity contribution in [2.45, 2.75) is 31.8 Å². The van der Waals surface area contributed by atoms with Gasteiger partial charge < -0.3 is 5.32 Å². The minimum atomic E-state index is 0.631. The first kappa shape index (κ1) is 10.9. The highest BCUT2D eigenvalue weighted by molar-refractivity contribution is 7.18. The van der Waals surface area contributed by atoms with Gasteiger partial charge in [-0.3, -0.25) is 0 Å². The molecule has 2 nitrogen and oxygen atoms in total. The number of hydrogen-bond acceptors (Lipinski definition) is 3. The van der Waals surface area contributed by atoms with Crippen molar-refractivity contribution in [2.75, 3.05) is 0 Å². The van der Waals surface area contributed by atoms with Crippen molar-refractivity contribution in [1.82, 2.24) is 10.3 Å². The summed E-state index contributed by atoms with van der Waals surface area (Å²) in [5, 5.41) is 4.79. The lowest BCUT2D eigenvalue weighted by Gasteiger charge is -2.18. The fourth-order valence-electron chi connectivity index (χ4n) is 2.21. The van der Waals surface area contributed by atoms with Crippen LogP contribution in [-0.2, 0) is 6.54 Å². The Kier molecular flexibility index (Phi) is 3.20. The Labute approximate surface area is 105 Å². The Morgan fingerprint density at radius 1 is 1.29 bits per heavy atom. The molecule has 1 aliphatic carbocycles. The Bertz CT molecular complexity index is 497. The summed E-state index contributed by atoms with van der Waals surface area (Å²) in [5.41, 5.74) is 1.12. The fourth-order valence-corrected chi connectivity index (χ4v) is 3.12. The molecule has 1 atom stereocenters. The Morgan fingerprint density at radius 3 is 3.06 bits per heavy atom. The summed E-state index contributed by atoms with van der Waals surface area (Å²) in [4.78, 5) is 4.64. The predicted octanol–water partition coefficient (Wildman–Crippen LogP) is 3.49. The van der Waals surface area contributed by atoms with Crippen molar-refractivity contribution in [3.05, 3.63) is 41.4 Å². The van der Waals surface area contributed by atoms with Crippen LogP contribution in [0.4, 0.5) is 0 Å². The normalized spacial score (nSPS) is 19.9. The molecule has 1 unspecified atom stereocenters. The zero-order valence-corrected chi connectivity index (χ0v) is 10.5. The molecule has 2 aromatic rings. The molecule has 1 aromatic heterocycles. The minimum Gasteiger partial charge on any atom is -0.307 e. The summed E-state index contributed by atoms with van der Waals surface area (Å²) < 4.78 is 1.29. The lowest BCUT2D eigenvalue weighted by molar-refractivity contribution is 0.474. The molecule has 0 bridgehead atoms. The molecular formula is C14H16N2S. The SMILES string of the molecule is C1=CCC(NCc2nc3ccccc3s2)CC1. The third-order valence-corrected chi connectivity index (χ3v) is 4.19. The van der Waals surface area contributed by atoms with Crippen LogP contribution < -0.4 is 5.32 Å². The van der Waals surface area contributed by atoms with Crippen LogP contribution in [0.5, 0.6) is 0 Å². The van der Waals surface area contributed by atoms with E-state index < -0.39 is 0 Å². The van der Waals surface area contributed by atoms with E-state index in [2.05, 4.69) is 40.7 Å². The first-order chi connectivity index (χ1) is 8.42. The maximum atomic E-state index is 4.64. The van der Waals surface area contributed by atoms with Gasteiger partial charge in [-0.05, 0) is 31.4 Å². The predicted molar refractivity (Wildman–Crippen MR) is 73.2 cm³/mol. The Balaban J connectivity index is 1.66. The molecular weight excluding hydrogens is 228 g/mol. The molecule has 0 aliphatic heterocycles. The van der Waals surface area contributed by atoms with Crippen molar-refractivity contribution >= 4 is 21.6 Å². The molecule has 3 heteroatoms. The Hall–Kier alpha value is -1.19. The van der Waals surface area contributed by atoms with E-state index in [4.69, 9.17) is 0 Å². The molecule has 17 heavy (non-hydrogen) atoms. The Morgan fingerprint density at radius 2 is 2.24 bits per heavy atom. The first-order valence-corrected chi connectivity index (χ1v) is 6.96. The zero-order chi connectivity index (χ0) is 11.5. The van der Waals surface area contributed by atoms with Gasteiger partial charge in [-0.15, -0.1) is 11.3 Å². The molecule has 0 fully saturated rings.